The van der Waals surface area contributed by atoms with Crippen molar-refractivity contribution in [1.29, 1.82) is 0 Å². The van der Waals surface area contributed by atoms with Gasteiger partial charge in [-0.15, -0.1) is 0 Å². The number of rotatable bonds is 2. The first kappa shape index (κ1) is 10.2. The third kappa shape index (κ3) is 2.20. The van der Waals surface area contributed by atoms with E-state index in [1.807, 2.05) is 0 Å². The van der Waals surface area contributed by atoms with Gasteiger partial charge in [-0.05, 0) is 17.0 Å². The molecule has 1 atom stereocenters. The Morgan fingerprint density at radius 2 is 2.20 bits per heavy atom. The molecule has 1 heterocycles. The lowest BCUT2D eigenvalue weighted by atomic mass is 9.93. The van der Waals surface area contributed by atoms with Crippen LogP contribution in [0, 0.1) is 0 Å². The Bertz CT molecular complexity index is 371. The lowest BCUT2D eigenvalue weighted by molar-refractivity contribution is -0.119. The van der Waals surface area contributed by atoms with Gasteiger partial charge >= 0.3 is 0 Å². The second-order valence-electron chi connectivity index (χ2n) is 4.53. The predicted octanol–water partition coefficient (Wildman–Crippen LogP) is 2.41. The number of hydrogen-bond acceptors (Lipinski definition) is 1. The molecule has 1 unspecified atom stereocenters. The molecule has 2 nitrogen and oxygen atoms in total. The molecule has 1 N–H and O–H groups in total. The summed E-state index contributed by atoms with van der Waals surface area (Å²) in [5, 5.41) is 2.88. The SMILES string of the molecule is CC(C)c1cccc(C2CNC(=O)C2)c1. The maximum atomic E-state index is 11.1. The van der Waals surface area contributed by atoms with Crippen LogP contribution in [-0.4, -0.2) is 12.5 Å². The summed E-state index contributed by atoms with van der Waals surface area (Å²) in [5.41, 5.74) is 2.64. The summed E-state index contributed by atoms with van der Waals surface area (Å²) in [6.07, 6.45) is 0.640. The van der Waals surface area contributed by atoms with Crippen molar-refractivity contribution in [1.82, 2.24) is 5.32 Å². The van der Waals surface area contributed by atoms with Gasteiger partial charge in [-0.2, -0.15) is 0 Å². The third-order valence-electron chi connectivity index (χ3n) is 3.03. The lowest BCUT2D eigenvalue weighted by Gasteiger charge is -2.11. The van der Waals surface area contributed by atoms with E-state index >= 15 is 0 Å². The zero-order chi connectivity index (χ0) is 10.8. The van der Waals surface area contributed by atoms with Crippen LogP contribution < -0.4 is 5.32 Å². The van der Waals surface area contributed by atoms with E-state index in [-0.39, 0.29) is 5.91 Å². The van der Waals surface area contributed by atoms with Crippen LogP contribution in [-0.2, 0) is 4.79 Å². The zero-order valence-corrected chi connectivity index (χ0v) is 9.29. The Morgan fingerprint density at radius 1 is 1.40 bits per heavy atom. The van der Waals surface area contributed by atoms with Gasteiger partial charge in [0, 0.05) is 18.9 Å². The molecule has 2 heteroatoms. The van der Waals surface area contributed by atoms with Crippen LogP contribution in [0.25, 0.3) is 0 Å². The largest absolute Gasteiger partial charge is 0.355 e. The number of carbonyl (C=O) groups excluding carboxylic acids is 1. The summed E-state index contributed by atoms with van der Waals surface area (Å²) in [7, 11) is 0. The maximum absolute atomic E-state index is 11.1. The zero-order valence-electron chi connectivity index (χ0n) is 9.29. The van der Waals surface area contributed by atoms with Crippen molar-refractivity contribution in [2.75, 3.05) is 6.54 Å². The van der Waals surface area contributed by atoms with Crippen molar-refractivity contribution >= 4 is 5.91 Å². The van der Waals surface area contributed by atoms with Crippen molar-refractivity contribution in [2.24, 2.45) is 0 Å². The molecule has 0 aromatic heterocycles. The number of amides is 1. The molecule has 0 bridgehead atoms. The summed E-state index contributed by atoms with van der Waals surface area (Å²) in [6.45, 7) is 5.18. The minimum Gasteiger partial charge on any atom is -0.355 e. The van der Waals surface area contributed by atoms with Crippen LogP contribution in [0.4, 0.5) is 0 Å². The number of benzene rings is 1. The quantitative estimate of drug-likeness (QED) is 0.785. The van der Waals surface area contributed by atoms with Crippen LogP contribution >= 0.6 is 0 Å². The highest BCUT2D eigenvalue weighted by molar-refractivity contribution is 5.79. The van der Waals surface area contributed by atoms with E-state index in [0.717, 1.165) is 6.54 Å². The predicted molar refractivity (Wildman–Crippen MR) is 60.9 cm³/mol. The Morgan fingerprint density at radius 3 is 2.80 bits per heavy atom. The van der Waals surface area contributed by atoms with Gasteiger partial charge in [0.15, 0.2) is 0 Å². The molecule has 15 heavy (non-hydrogen) atoms. The van der Waals surface area contributed by atoms with E-state index in [1.165, 1.54) is 11.1 Å². The van der Waals surface area contributed by atoms with E-state index in [4.69, 9.17) is 0 Å². The molecule has 0 aliphatic carbocycles. The van der Waals surface area contributed by atoms with E-state index < -0.39 is 0 Å². The molecule has 1 amide bonds. The summed E-state index contributed by atoms with van der Waals surface area (Å²) >= 11 is 0. The van der Waals surface area contributed by atoms with Gasteiger partial charge < -0.3 is 5.32 Å². The Kier molecular flexibility index (Phi) is 2.76. The van der Waals surface area contributed by atoms with E-state index in [1.54, 1.807) is 0 Å². The van der Waals surface area contributed by atoms with Crippen LogP contribution in [0.3, 0.4) is 0 Å². The smallest absolute Gasteiger partial charge is 0.220 e. The van der Waals surface area contributed by atoms with Gasteiger partial charge in [-0.1, -0.05) is 38.1 Å². The summed E-state index contributed by atoms with van der Waals surface area (Å²) in [6, 6.07) is 8.60. The first-order valence-electron chi connectivity index (χ1n) is 5.53. The summed E-state index contributed by atoms with van der Waals surface area (Å²) in [4.78, 5) is 11.1. The Balaban J connectivity index is 2.21. The van der Waals surface area contributed by atoms with Gasteiger partial charge in [-0.3, -0.25) is 4.79 Å². The molecule has 1 fully saturated rings. The van der Waals surface area contributed by atoms with Crippen molar-refractivity contribution in [3.8, 4) is 0 Å². The molecular weight excluding hydrogens is 186 g/mol. The van der Waals surface area contributed by atoms with Crippen LogP contribution in [0.1, 0.15) is 43.2 Å². The summed E-state index contributed by atoms with van der Waals surface area (Å²) in [5.74, 6) is 1.10. The lowest BCUT2D eigenvalue weighted by Crippen LogP contribution is -2.13. The normalized spacial score (nSPS) is 20.7. The molecular formula is C13H17NO. The van der Waals surface area contributed by atoms with Gasteiger partial charge in [0.2, 0.25) is 5.91 Å². The van der Waals surface area contributed by atoms with E-state index in [0.29, 0.717) is 18.3 Å². The number of nitrogens with one attached hydrogen (secondary N) is 1. The molecule has 1 saturated heterocycles. The van der Waals surface area contributed by atoms with Crippen LogP contribution in [0.15, 0.2) is 24.3 Å². The third-order valence-corrected chi connectivity index (χ3v) is 3.03. The molecule has 1 aromatic rings. The van der Waals surface area contributed by atoms with E-state index in [2.05, 4.69) is 43.4 Å². The molecule has 80 valence electrons. The average Bonchev–Trinajstić information content (AvgIpc) is 2.65. The maximum Gasteiger partial charge on any atom is 0.220 e. The highest BCUT2D eigenvalue weighted by Gasteiger charge is 2.22. The fourth-order valence-corrected chi connectivity index (χ4v) is 2.01. The standard InChI is InChI=1S/C13H17NO/c1-9(2)10-4-3-5-11(6-10)12-7-13(15)14-8-12/h3-6,9,12H,7-8H2,1-2H3,(H,14,15). The second kappa shape index (κ2) is 4.05. The minimum atomic E-state index is 0.176. The first-order chi connectivity index (χ1) is 7.16. The first-order valence-corrected chi connectivity index (χ1v) is 5.53. The fourth-order valence-electron chi connectivity index (χ4n) is 2.01. The molecule has 1 aromatic carbocycles. The van der Waals surface area contributed by atoms with Gasteiger partial charge in [0.25, 0.3) is 0 Å². The Hall–Kier alpha value is -1.31. The second-order valence-corrected chi connectivity index (χ2v) is 4.53. The van der Waals surface area contributed by atoms with Crippen LogP contribution in [0.2, 0.25) is 0 Å². The van der Waals surface area contributed by atoms with Gasteiger partial charge in [0.05, 0.1) is 0 Å². The average molecular weight is 203 g/mol. The number of carbonyl (C=O) groups is 1. The monoisotopic (exact) mass is 203 g/mol. The molecule has 1 aliphatic rings. The highest BCUT2D eigenvalue weighted by atomic mass is 16.1. The number of hydrogen-bond donors (Lipinski definition) is 1. The minimum absolute atomic E-state index is 0.176. The highest BCUT2D eigenvalue weighted by Crippen LogP contribution is 2.25. The van der Waals surface area contributed by atoms with Crippen LogP contribution in [0.5, 0.6) is 0 Å². The molecule has 1 aliphatic heterocycles. The molecule has 2 rings (SSSR count). The van der Waals surface area contributed by atoms with Crippen molar-refractivity contribution < 1.29 is 4.79 Å². The van der Waals surface area contributed by atoms with Crippen molar-refractivity contribution in [3.63, 3.8) is 0 Å². The Labute approximate surface area is 90.7 Å². The van der Waals surface area contributed by atoms with Gasteiger partial charge in [-0.25, -0.2) is 0 Å². The molecule has 0 spiro atoms. The topological polar surface area (TPSA) is 29.1 Å². The van der Waals surface area contributed by atoms with Crippen molar-refractivity contribution in [3.05, 3.63) is 35.4 Å². The molecule has 0 radical (unpaired) electrons. The fraction of sp³-hybridized carbons (Fsp3) is 0.462. The summed E-state index contributed by atoms with van der Waals surface area (Å²) < 4.78 is 0. The van der Waals surface area contributed by atoms with Gasteiger partial charge in [0.1, 0.15) is 0 Å². The van der Waals surface area contributed by atoms with Crippen molar-refractivity contribution in [2.45, 2.75) is 32.1 Å². The van der Waals surface area contributed by atoms with E-state index in [9.17, 15) is 4.79 Å². The molecule has 0 saturated carbocycles.